The largest absolute Gasteiger partial charge is 0.324 e. The number of likely N-dealkylation sites (N-methyl/N-ethyl adjacent to an activating group) is 1. The molecule has 1 amide bonds. The minimum Gasteiger partial charge on any atom is -0.324 e. The first-order chi connectivity index (χ1) is 8.19. The molecule has 0 saturated carbocycles. The van der Waals surface area contributed by atoms with Crippen LogP contribution in [0, 0.1) is 11.3 Å². The molecule has 1 rings (SSSR count). The molecule has 1 aromatic carbocycles. The number of hydrogen-bond acceptors (Lipinski definition) is 3. The van der Waals surface area contributed by atoms with Crippen LogP contribution >= 0.6 is 0 Å². The zero-order valence-electron chi connectivity index (χ0n) is 10.2. The fourth-order valence-electron chi connectivity index (χ4n) is 1.50. The number of rotatable bonds is 5. The Bertz CT molecular complexity index is 397. The molecule has 17 heavy (non-hydrogen) atoms. The topological polar surface area (TPSA) is 56.1 Å². The van der Waals surface area contributed by atoms with Crippen LogP contribution in [0.2, 0.25) is 0 Å². The van der Waals surface area contributed by atoms with E-state index < -0.39 is 0 Å². The van der Waals surface area contributed by atoms with Crippen molar-refractivity contribution in [2.75, 3.05) is 13.6 Å². The standard InChI is InChI=1S/C13H17N3O/c1-11(15-2)13(17)16(9-8-14)10-12-6-4-3-5-7-12/h3-7,11,15H,9-10H2,1-2H3. The Balaban J connectivity index is 2.74. The van der Waals surface area contributed by atoms with Gasteiger partial charge in [0.05, 0.1) is 12.1 Å². The van der Waals surface area contributed by atoms with Crippen molar-refractivity contribution in [2.45, 2.75) is 19.5 Å². The fraction of sp³-hybridized carbons (Fsp3) is 0.385. The molecule has 0 aliphatic rings. The third-order valence-electron chi connectivity index (χ3n) is 2.59. The van der Waals surface area contributed by atoms with Gasteiger partial charge >= 0.3 is 0 Å². The van der Waals surface area contributed by atoms with Gasteiger partial charge in [0, 0.05) is 6.54 Å². The monoisotopic (exact) mass is 231 g/mol. The van der Waals surface area contributed by atoms with Gasteiger partial charge in [0.2, 0.25) is 5.91 Å². The number of carbonyl (C=O) groups is 1. The molecule has 0 aliphatic carbocycles. The van der Waals surface area contributed by atoms with Crippen LogP contribution in [0.3, 0.4) is 0 Å². The van der Waals surface area contributed by atoms with Gasteiger partial charge in [0.1, 0.15) is 6.54 Å². The highest BCUT2D eigenvalue weighted by molar-refractivity contribution is 5.81. The first-order valence-electron chi connectivity index (χ1n) is 5.56. The lowest BCUT2D eigenvalue weighted by atomic mass is 10.2. The molecule has 0 aliphatic heterocycles. The minimum absolute atomic E-state index is 0.0575. The first-order valence-corrected chi connectivity index (χ1v) is 5.56. The van der Waals surface area contributed by atoms with Crippen molar-refractivity contribution in [3.63, 3.8) is 0 Å². The lowest BCUT2D eigenvalue weighted by Gasteiger charge is -2.23. The molecule has 0 heterocycles. The zero-order valence-corrected chi connectivity index (χ0v) is 10.2. The third-order valence-corrected chi connectivity index (χ3v) is 2.59. The molecule has 4 nitrogen and oxygen atoms in total. The van der Waals surface area contributed by atoms with E-state index in [2.05, 4.69) is 5.32 Å². The molecule has 0 bridgehead atoms. The van der Waals surface area contributed by atoms with Crippen molar-refractivity contribution in [1.82, 2.24) is 10.2 Å². The van der Waals surface area contributed by atoms with Crippen LogP contribution in [0.15, 0.2) is 30.3 Å². The third kappa shape index (κ3) is 3.89. The second-order valence-electron chi connectivity index (χ2n) is 3.85. The Labute approximate surface area is 102 Å². The van der Waals surface area contributed by atoms with E-state index >= 15 is 0 Å². The van der Waals surface area contributed by atoms with Gasteiger partial charge in [-0.25, -0.2) is 0 Å². The molecule has 0 radical (unpaired) electrons. The van der Waals surface area contributed by atoms with Crippen LogP contribution in [0.4, 0.5) is 0 Å². The van der Waals surface area contributed by atoms with Crippen molar-refractivity contribution in [1.29, 1.82) is 5.26 Å². The first kappa shape index (κ1) is 13.2. The summed E-state index contributed by atoms with van der Waals surface area (Å²) in [6.07, 6.45) is 0. The normalized spacial score (nSPS) is 11.6. The average Bonchev–Trinajstić information content (AvgIpc) is 2.37. The van der Waals surface area contributed by atoms with Crippen LogP contribution < -0.4 is 5.32 Å². The second kappa shape index (κ2) is 6.66. The molecule has 1 N–H and O–H groups in total. The van der Waals surface area contributed by atoms with Crippen molar-refractivity contribution in [3.8, 4) is 6.07 Å². The van der Waals surface area contributed by atoms with E-state index in [-0.39, 0.29) is 18.5 Å². The van der Waals surface area contributed by atoms with Gasteiger partial charge in [0.15, 0.2) is 0 Å². The number of amides is 1. The summed E-state index contributed by atoms with van der Waals surface area (Å²) in [5, 5.41) is 11.6. The van der Waals surface area contributed by atoms with Crippen molar-refractivity contribution < 1.29 is 4.79 Å². The van der Waals surface area contributed by atoms with Gasteiger partial charge in [-0.15, -0.1) is 0 Å². The maximum Gasteiger partial charge on any atom is 0.240 e. The molecule has 1 aromatic rings. The predicted molar refractivity (Wildman–Crippen MR) is 66.0 cm³/mol. The highest BCUT2D eigenvalue weighted by Crippen LogP contribution is 2.05. The molecule has 90 valence electrons. The van der Waals surface area contributed by atoms with E-state index in [9.17, 15) is 4.79 Å². The van der Waals surface area contributed by atoms with E-state index in [0.717, 1.165) is 5.56 Å². The van der Waals surface area contributed by atoms with E-state index in [1.165, 1.54) is 0 Å². The molecule has 1 unspecified atom stereocenters. The zero-order chi connectivity index (χ0) is 12.7. The van der Waals surface area contributed by atoms with Crippen molar-refractivity contribution >= 4 is 5.91 Å². The summed E-state index contributed by atoms with van der Waals surface area (Å²) in [7, 11) is 1.73. The SMILES string of the molecule is CNC(C)C(=O)N(CC#N)Cc1ccccc1. The van der Waals surface area contributed by atoms with E-state index in [1.807, 2.05) is 36.4 Å². The molecule has 0 saturated heterocycles. The van der Waals surface area contributed by atoms with Crippen LogP contribution in [-0.2, 0) is 11.3 Å². The molecule has 0 fully saturated rings. The van der Waals surface area contributed by atoms with E-state index in [1.54, 1.807) is 18.9 Å². The summed E-state index contributed by atoms with van der Waals surface area (Å²) >= 11 is 0. The van der Waals surface area contributed by atoms with Gasteiger partial charge in [-0.05, 0) is 19.5 Å². The second-order valence-corrected chi connectivity index (χ2v) is 3.85. The van der Waals surface area contributed by atoms with Crippen LogP contribution in [0.1, 0.15) is 12.5 Å². The summed E-state index contributed by atoms with van der Waals surface area (Å²) < 4.78 is 0. The predicted octanol–water partition coefficient (Wildman–Crippen LogP) is 1.15. The molecule has 0 aromatic heterocycles. The van der Waals surface area contributed by atoms with Gasteiger partial charge < -0.3 is 10.2 Å². The molecule has 1 atom stereocenters. The van der Waals surface area contributed by atoms with E-state index in [0.29, 0.717) is 6.54 Å². The van der Waals surface area contributed by atoms with E-state index in [4.69, 9.17) is 5.26 Å². The molecule has 0 spiro atoms. The maximum atomic E-state index is 12.0. The Morgan fingerprint density at radius 2 is 2.12 bits per heavy atom. The fourth-order valence-corrected chi connectivity index (χ4v) is 1.50. The number of carbonyl (C=O) groups excluding carboxylic acids is 1. The quantitative estimate of drug-likeness (QED) is 0.773. The molecule has 4 heteroatoms. The number of nitrogens with one attached hydrogen (secondary N) is 1. The Morgan fingerprint density at radius 3 is 2.65 bits per heavy atom. The van der Waals surface area contributed by atoms with Gasteiger partial charge in [-0.2, -0.15) is 5.26 Å². The Hall–Kier alpha value is -1.86. The number of nitriles is 1. The lowest BCUT2D eigenvalue weighted by Crippen LogP contribution is -2.43. The smallest absolute Gasteiger partial charge is 0.240 e. The van der Waals surface area contributed by atoms with Gasteiger partial charge in [-0.1, -0.05) is 30.3 Å². The average molecular weight is 231 g/mol. The maximum absolute atomic E-state index is 12.0. The van der Waals surface area contributed by atoms with Crippen LogP contribution in [0.5, 0.6) is 0 Å². The van der Waals surface area contributed by atoms with Gasteiger partial charge in [0.25, 0.3) is 0 Å². The summed E-state index contributed by atoms with van der Waals surface area (Å²) in [4.78, 5) is 13.5. The van der Waals surface area contributed by atoms with Crippen molar-refractivity contribution in [3.05, 3.63) is 35.9 Å². The summed E-state index contributed by atoms with van der Waals surface area (Å²) in [5.74, 6) is -0.0575. The Kier molecular flexibility index (Phi) is 5.18. The number of hydrogen-bond donors (Lipinski definition) is 1. The highest BCUT2D eigenvalue weighted by atomic mass is 16.2. The van der Waals surface area contributed by atoms with Crippen LogP contribution in [-0.4, -0.2) is 30.4 Å². The molecular formula is C13H17N3O. The van der Waals surface area contributed by atoms with Crippen molar-refractivity contribution in [2.24, 2.45) is 0 Å². The summed E-state index contributed by atoms with van der Waals surface area (Å²) in [6.45, 7) is 2.37. The Morgan fingerprint density at radius 1 is 1.47 bits per heavy atom. The highest BCUT2D eigenvalue weighted by Gasteiger charge is 2.18. The number of nitrogens with zero attached hydrogens (tertiary/aromatic N) is 2. The summed E-state index contributed by atoms with van der Waals surface area (Å²) in [6, 6.07) is 11.4. The summed E-state index contributed by atoms with van der Waals surface area (Å²) in [5.41, 5.74) is 1.03. The van der Waals surface area contributed by atoms with Crippen LogP contribution in [0.25, 0.3) is 0 Å². The minimum atomic E-state index is -0.271. The van der Waals surface area contributed by atoms with Gasteiger partial charge in [-0.3, -0.25) is 4.79 Å². The lowest BCUT2D eigenvalue weighted by molar-refractivity contribution is -0.132. The number of benzene rings is 1. The molecular weight excluding hydrogens is 214 g/mol.